The van der Waals surface area contributed by atoms with Crippen LogP contribution in [-0.4, -0.2) is 12.1 Å². The SMILES string of the molecule is Cc1[c-]c(C)c2c([c-]1)B(O)O[C-]2C.[V].[W].[Y]. The summed E-state index contributed by atoms with van der Waals surface area (Å²) in [6.07, 6.45) is 0.757. The standard InChI is InChI=1S/C10H10BO2.V.W.Y/c1-6-4-7(2)10-8(3)13-11(12)9(10)5-6;;;/h12H,1-3H3;;;/q-3;;;. The molecule has 0 unspecified atom stereocenters. The van der Waals surface area contributed by atoms with Gasteiger partial charge in [0.05, 0.1) is 0 Å². The first-order chi connectivity index (χ1) is 6.09. The second kappa shape index (κ2) is 7.79. The molecule has 16 heavy (non-hydrogen) atoms. The fraction of sp³-hybridized carbons (Fsp3) is 0.300. The Bertz CT molecular complexity index is 365. The van der Waals surface area contributed by atoms with Crippen LogP contribution in [0.3, 0.4) is 0 Å². The first kappa shape index (κ1) is 19.8. The molecule has 82 valence electrons. The van der Waals surface area contributed by atoms with Crippen molar-refractivity contribution < 1.29 is 82.0 Å². The Morgan fingerprint density at radius 1 is 1.31 bits per heavy atom. The Morgan fingerprint density at radius 3 is 2.44 bits per heavy atom. The van der Waals surface area contributed by atoms with E-state index in [0.29, 0.717) is 0 Å². The molecule has 0 fully saturated rings. The van der Waals surface area contributed by atoms with Gasteiger partial charge in [-0.2, -0.15) is 6.10 Å². The Kier molecular flexibility index (Phi) is 9.63. The summed E-state index contributed by atoms with van der Waals surface area (Å²) in [7, 11) is -0.845. The van der Waals surface area contributed by atoms with E-state index in [1.807, 2.05) is 20.8 Å². The monoisotopic (exact) mass is 497 g/mol. The first-order valence-electron chi connectivity index (χ1n) is 4.24. The van der Waals surface area contributed by atoms with Gasteiger partial charge in [0, 0.05) is 72.3 Å². The number of hydrogen-bond donors (Lipinski definition) is 1. The maximum absolute atomic E-state index is 9.51. The molecule has 2 nitrogen and oxygen atoms in total. The Hall–Kier alpha value is 1.45. The number of rotatable bonds is 0. The largest absolute Gasteiger partial charge is 0.477 e. The van der Waals surface area contributed by atoms with Gasteiger partial charge in [0.2, 0.25) is 0 Å². The fourth-order valence-corrected chi connectivity index (χ4v) is 1.77. The third-order valence-corrected chi connectivity index (χ3v) is 2.23. The number of benzene rings is 1. The molecule has 0 bridgehead atoms. The van der Waals surface area contributed by atoms with Crippen LogP contribution in [0.25, 0.3) is 0 Å². The van der Waals surface area contributed by atoms with E-state index in [-0.39, 0.29) is 72.3 Å². The second-order valence-electron chi connectivity index (χ2n) is 3.32. The van der Waals surface area contributed by atoms with Crippen molar-refractivity contribution in [1.29, 1.82) is 0 Å². The second-order valence-corrected chi connectivity index (χ2v) is 3.32. The van der Waals surface area contributed by atoms with E-state index in [9.17, 15) is 5.02 Å². The van der Waals surface area contributed by atoms with E-state index < -0.39 is 7.12 Å². The number of aryl methyl sites for hydroxylation is 2. The van der Waals surface area contributed by atoms with E-state index in [4.69, 9.17) is 4.65 Å². The third kappa shape index (κ3) is 3.72. The summed E-state index contributed by atoms with van der Waals surface area (Å²) < 4.78 is 5.19. The maximum Gasteiger partial charge on any atom is 0.358 e. The molecule has 1 aromatic rings. The van der Waals surface area contributed by atoms with Crippen LogP contribution in [0.15, 0.2) is 0 Å². The van der Waals surface area contributed by atoms with Gasteiger partial charge in [0.25, 0.3) is 0 Å². The Labute approximate surface area is 148 Å². The molecule has 0 aromatic heterocycles. The van der Waals surface area contributed by atoms with Crippen molar-refractivity contribution in [1.82, 2.24) is 0 Å². The molecule has 2 radical (unpaired) electrons. The average Bonchev–Trinajstić information content (AvgIpc) is 2.27. The summed E-state index contributed by atoms with van der Waals surface area (Å²) in [6, 6.07) is 6.21. The van der Waals surface area contributed by atoms with Crippen LogP contribution in [0.4, 0.5) is 0 Å². The van der Waals surface area contributed by atoms with Crippen LogP contribution in [0.5, 0.6) is 0 Å². The molecule has 6 heteroatoms. The minimum atomic E-state index is -0.845. The normalized spacial score (nSPS) is 12.2. The summed E-state index contributed by atoms with van der Waals surface area (Å²) in [5, 5.41) is 9.51. The third-order valence-electron chi connectivity index (χ3n) is 2.23. The molecule has 0 aliphatic carbocycles. The van der Waals surface area contributed by atoms with Gasteiger partial charge in [-0.25, -0.2) is 0 Å². The molecule has 0 spiro atoms. The van der Waals surface area contributed by atoms with E-state index in [0.717, 1.165) is 28.3 Å². The minimum Gasteiger partial charge on any atom is -0.477 e. The minimum absolute atomic E-state index is 0. The molecule has 1 aliphatic rings. The van der Waals surface area contributed by atoms with Gasteiger partial charge in [0.15, 0.2) is 0 Å². The van der Waals surface area contributed by atoms with E-state index in [2.05, 4.69) is 12.1 Å². The van der Waals surface area contributed by atoms with Crippen molar-refractivity contribution in [3.05, 3.63) is 34.9 Å². The molecular formula is C10H10BO2VWY-3. The summed E-state index contributed by atoms with van der Waals surface area (Å²) in [6.45, 7) is 5.72. The first-order valence-corrected chi connectivity index (χ1v) is 4.24. The van der Waals surface area contributed by atoms with Gasteiger partial charge in [-0.05, 0) is 0 Å². The molecule has 2 rings (SSSR count). The van der Waals surface area contributed by atoms with Crippen molar-refractivity contribution in [2.45, 2.75) is 20.8 Å². The Balaban J connectivity index is 0. The fourth-order valence-electron chi connectivity index (χ4n) is 1.77. The maximum atomic E-state index is 9.51. The molecule has 1 aliphatic heterocycles. The summed E-state index contributed by atoms with van der Waals surface area (Å²) in [4.78, 5) is 0. The van der Waals surface area contributed by atoms with Gasteiger partial charge in [0.1, 0.15) is 0 Å². The molecule has 0 atom stereocenters. The molecule has 1 aromatic carbocycles. The van der Waals surface area contributed by atoms with Gasteiger partial charge >= 0.3 is 7.12 Å². The zero-order valence-corrected chi connectivity index (χ0v) is 16.5. The molecule has 0 saturated carbocycles. The van der Waals surface area contributed by atoms with Gasteiger partial charge in [-0.3, -0.25) is 0 Å². The topological polar surface area (TPSA) is 29.5 Å². The van der Waals surface area contributed by atoms with Crippen molar-refractivity contribution in [3.63, 3.8) is 0 Å². The van der Waals surface area contributed by atoms with Crippen molar-refractivity contribution in [2.24, 2.45) is 0 Å². The van der Waals surface area contributed by atoms with Crippen LogP contribution in [0, 0.1) is 32.1 Å². The number of fused-ring (bicyclic) bond motifs is 1. The molecular weight excluding hydrogens is 487 g/mol. The van der Waals surface area contributed by atoms with Crippen LogP contribution >= 0.6 is 0 Å². The number of hydrogen-bond acceptors (Lipinski definition) is 2. The predicted molar refractivity (Wildman–Crippen MR) is 50.3 cm³/mol. The van der Waals surface area contributed by atoms with E-state index >= 15 is 0 Å². The van der Waals surface area contributed by atoms with Gasteiger partial charge < -0.3 is 44.0 Å². The molecule has 0 saturated heterocycles. The van der Waals surface area contributed by atoms with Crippen LogP contribution in [-0.2, 0) is 77.0 Å². The summed E-state index contributed by atoms with van der Waals surface area (Å²) in [5.41, 5.74) is 3.62. The van der Waals surface area contributed by atoms with Crippen LogP contribution < -0.4 is 5.46 Å². The molecule has 0 amide bonds. The average molecular weight is 497 g/mol. The quantitative estimate of drug-likeness (QED) is 0.419. The van der Waals surface area contributed by atoms with Gasteiger partial charge in [-0.1, -0.05) is 13.8 Å². The van der Waals surface area contributed by atoms with Crippen LogP contribution in [0.2, 0.25) is 0 Å². The van der Waals surface area contributed by atoms with Crippen molar-refractivity contribution >= 4 is 12.6 Å². The van der Waals surface area contributed by atoms with Crippen molar-refractivity contribution in [2.75, 3.05) is 0 Å². The summed E-state index contributed by atoms with van der Waals surface area (Å²) in [5.74, 6) is 0. The zero-order chi connectivity index (χ0) is 9.59. The molecule has 1 heterocycles. The van der Waals surface area contributed by atoms with E-state index in [1.54, 1.807) is 0 Å². The zero-order valence-electron chi connectivity index (χ0n) is 9.37. The Morgan fingerprint density at radius 2 is 1.88 bits per heavy atom. The van der Waals surface area contributed by atoms with Gasteiger partial charge in [-0.15, -0.1) is 6.92 Å². The molecule has 1 N–H and O–H groups in total. The summed E-state index contributed by atoms with van der Waals surface area (Å²) >= 11 is 0. The van der Waals surface area contributed by atoms with E-state index in [1.165, 1.54) is 0 Å². The van der Waals surface area contributed by atoms with Crippen molar-refractivity contribution in [3.8, 4) is 0 Å². The van der Waals surface area contributed by atoms with Crippen LogP contribution in [0.1, 0.15) is 23.6 Å². The smallest absolute Gasteiger partial charge is 0.358 e. The predicted octanol–water partition coefficient (Wildman–Crippen LogP) is 0.514.